The molecule has 24 heavy (non-hydrogen) atoms. The molecule has 0 aliphatic heterocycles. The number of carbonyl (C=O) groups is 1. The number of hydrazone groups is 1. The van der Waals surface area contributed by atoms with Gasteiger partial charge in [-0.2, -0.15) is 5.10 Å². The van der Waals surface area contributed by atoms with Gasteiger partial charge in [0, 0.05) is 11.1 Å². The minimum absolute atomic E-state index is 0.239. The first kappa shape index (κ1) is 15.7. The number of amides is 1. The Morgan fingerprint density at radius 1 is 1.04 bits per heavy atom. The van der Waals surface area contributed by atoms with Crippen LogP contribution in [0.15, 0.2) is 71.8 Å². The van der Waals surface area contributed by atoms with Crippen LogP contribution in [-0.4, -0.2) is 18.7 Å². The molecule has 120 valence electrons. The molecular formula is C20H18N2O2. The van der Waals surface area contributed by atoms with Crippen molar-refractivity contribution in [3.8, 4) is 5.75 Å². The van der Waals surface area contributed by atoms with E-state index in [-0.39, 0.29) is 5.91 Å². The molecule has 0 unspecified atom stereocenters. The van der Waals surface area contributed by atoms with Gasteiger partial charge < -0.3 is 4.74 Å². The van der Waals surface area contributed by atoms with Crippen LogP contribution < -0.4 is 10.2 Å². The minimum atomic E-state index is -0.239. The summed E-state index contributed by atoms with van der Waals surface area (Å²) >= 11 is 0. The van der Waals surface area contributed by atoms with E-state index in [0.717, 1.165) is 22.1 Å². The van der Waals surface area contributed by atoms with Crippen LogP contribution in [0.3, 0.4) is 0 Å². The van der Waals surface area contributed by atoms with Gasteiger partial charge in [0.2, 0.25) is 0 Å². The van der Waals surface area contributed by atoms with E-state index in [4.69, 9.17) is 4.74 Å². The highest BCUT2D eigenvalue weighted by atomic mass is 16.5. The summed E-state index contributed by atoms with van der Waals surface area (Å²) in [5.41, 5.74) is 4.00. The largest absolute Gasteiger partial charge is 0.493 e. The zero-order valence-corrected chi connectivity index (χ0v) is 13.4. The lowest BCUT2D eigenvalue weighted by Crippen LogP contribution is -2.18. The molecule has 0 atom stereocenters. The van der Waals surface area contributed by atoms with Gasteiger partial charge in [-0.3, -0.25) is 4.79 Å². The maximum absolute atomic E-state index is 12.4. The lowest BCUT2D eigenvalue weighted by molar-refractivity contribution is 0.0957. The van der Waals surface area contributed by atoms with Gasteiger partial charge in [0.25, 0.3) is 5.91 Å². The highest BCUT2D eigenvalue weighted by Gasteiger charge is 2.08. The van der Waals surface area contributed by atoms with Crippen molar-refractivity contribution < 1.29 is 9.53 Å². The van der Waals surface area contributed by atoms with E-state index in [0.29, 0.717) is 12.2 Å². The molecule has 0 bridgehead atoms. The van der Waals surface area contributed by atoms with Crippen molar-refractivity contribution in [1.29, 1.82) is 0 Å². The number of fused-ring (bicyclic) bond motifs is 1. The van der Waals surface area contributed by atoms with Crippen molar-refractivity contribution in [3.05, 3.63) is 77.9 Å². The number of benzene rings is 3. The number of carbonyl (C=O) groups excluding carboxylic acids is 1. The SMILES string of the molecule is CCOc1ccccc1/C=N\NC(=O)c1cccc2ccccc12. The lowest BCUT2D eigenvalue weighted by atomic mass is 10.0. The highest BCUT2D eigenvalue weighted by molar-refractivity contribution is 6.07. The van der Waals surface area contributed by atoms with Crippen LogP contribution in [0.5, 0.6) is 5.75 Å². The number of nitrogens with zero attached hydrogens (tertiary/aromatic N) is 1. The summed E-state index contributed by atoms with van der Waals surface area (Å²) in [6, 6.07) is 21.0. The fourth-order valence-corrected chi connectivity index (χ4v) is 2.52. The number of hydrogen-bond acceptors (Lipinski definition) is 3. The second kappa shape index (κ2) is 7.42. The first-order chi connectivity index (χ1) is 11.8. The smallest absolute Gasteiger partial charge is 0.271 e. The van der Waals surface area contributed by atoms with E-state index < -0.39 is 0 Å². The maximum Gasteiger partial charge on any atom is 0.271 e. The molecule has 4 heteroatoms. The Balaban J connectivity index is 1.78. The van der Waals surface area contributed by atoms with Gasteiger partial charge in [0.1, 0.15) is 5.75 Å². The summed E-state index contributed by atoms with van der Waals surface area (Å²) in [6.45, 7) is 2.50. The van der Waals surface area contributed by atoms with Crippen LogP contribution in [-0.2, 0) is 0 Å². The number of ether oxygens (including phenoxy) is 1. The van der Waals surface area contributed by atoms with E-state index >= 15 is 0 Å². The normalized spacial score (nSPS) is 10.9. The zero-order chi connectivity index (χ0) is 16.8. The average molecular weight is 318 g/mol. The van der Waals surface area contributed by atoms with Crippen LogP contribution in [0.2, 0.25) is 0 Å². The summed E-state index contributed by atoms with van der Waals surface area (Å²) in [4.78, 5) is 12.4. The van der Waals surface area contributed by atoms with E-state index in [1.54, 1.807) is 12.3 Å². The van der Waals surface area contributed by atoms with Crippen LogP contribution in [0, 0.1) is 0 Å². The Hall–Kier alpha value is -3.14. The molecule has 0 fully saturated rings. The van der Waals surface area contributed by atoms with Gasteiger partial charge in [-0.25, -0.2) is 5.43 Å². The van der Waals surface area contributed by atoms with Crippen molar-refractivity contribution >= 4 is 22.9 Å². The molecule has 3 aromatic rings. The van der Waals surface area contributed by atoms with Gasteiger partial charge >= 0.3 is 0 Å². The zero-order valence-electron chi connectivity index (χ0n) is 13.4. The third-order valence-electron chi connectivity index (χ3n) is 3.62. The molecular weight excluding hydrogens is 300 g/mol. The number of nitrogens with one attached hydrogen (secondary N) is 1. The number of hydrogen-bond donors (Lipinski definition) is 1. The molecule has 0 aromatic heterocycles. The van der Waals surface area contributed by atoms with E-state index in [2.05, 4.69) is 10.5 Å². The molecule has 0 saturated heterocycles. The maximum atomic E-state index is 12.4. The molecule has 1 amide bonds. The predicted octanol–water partition coefficient (Wildman–Crippen LogP) is 4.00. The Bertz CT molecular complexity index is 882. The molecule has 0 aliphatic carbocycles. The van der Waals surface area contributed by atoms with Crippen molar-refractivity contribution in [2.75, 3.05) is 6.61 Å². The molecule has 3 rings (SSSR count). The Morgan fingerprint density at radius 3 is 2.67 bits per heavy atom. The summed E-state index contributed by atoms with van der Waals surface area (Å²) in [6.07, 6.45) is 1.59. The Kier molecular flexibility index (Phi) is 4.87. The van der Waals surface area contributed by atoms with E-state index in [1.807, 2.05) is 67.6 Å². The summed E-state index contributed by atoms with van der Waals surface area (Å²) in [5.74, 6) is 0.500. The van der Waals surface area contributed by atoms with Gasteiger partial charge in [0.05, 0.1) is 12.8 Å². The molecule has 0 spiro atoms. The van der Waals surface area contributed by atoms with Crippen molar-refractivity contribution in [1.82, 2.24) is 5.43 Å². The molecule has 1 N–H and O–H groups in total. The molecule has 0 heterocycles. The first-order valence-corrected chi connectivity index (χ1v) is 7.82. The Morgan fingerprint density at radius 2 is 1.79 bits per heavy atom. The van der Waals surface area contributed by atoms with E-state index in [9.17, 15) is 4.79 Å². The molecule has 0 saturated carbocycles. The fourth-order valence-electron chi connectivity index (χ4n) is 2.52. The second-order valence-corrected chi connectivity index (χ2v) is 5.20. The predicted molar refractivity (Wildman–Crippen MR) is 96.6 cm³/mol. The minimum Gasteiger partial charge on any atom is -0.493 e. The summed E-state index contributed by atoms with van der Waals surface area (Å²) in [7, 11) is 0. The molecule has 4 nitrogen and oxygen atoms in total. The first-order valence-electron chi connectivity index (χ1n) is 7.82. The number of rotatable bonds is 5. The summed E-state index contributed by atoms with van der Waals surface area (Å²) in [5, 5.41) is 5.99. The van der Waals surface area contributed by atoms with Gasteiger partial charge in [-0.1, -0.05) is 48.5 Å². The summed E-state index contributed by atoms with van der Waals surface area (Å²) < 4.78 is 5.53. The second-order valence-electron chi connectivity index (χ2n) is 5.20. The standard InChI is InChI=1S/C20H18N2O2/c1-2-24-19-13-6-4-9-16(19)14-21-22-20(23)18-12-7-10-15-8-3-5-11-17(15)18/h3-14H,2H2,1H3,(H,22,23)/b21-14-. The van der Waals surface area contributed by atoms with Crippen LogP contribution in [0.25, 0.3) is 10.8 Å². The molecule has 0 aliphatic rings. The average Bonchev–Trinajstić information content (AvgIpc) is 2.63. The highest BCUT2D eigenvalue weighted by Crippen LogP contribution is 2.18. The van der Waals surface area contributed by atoms with Crippen LogP contribution in [0.4, 0.5) is 0 Å². The van der Waals surface area contributed by atoms with Gasteiger partial charge in [-0.15, -0.1) is 0 Å². The third kappa shape index (κ3) is 3.43. The van der Waals surface area contributed by atoms with Crippen LogP contribution in [0.1, 0.15) is 22.8 Å². The lowest BCUT2D eigenvalue weighted by Gasteiger charge is -2.06. The Labute approximate surface area is 140 Å². The van der Waals surface area contributed by atoms with Gasteiger partial charge in [0.15, 0.2) is 0 Å². The van der Waals surface area contributed by atoms with Crippen molar-refractivity contribution in [2.24, 2.45) is 5.10 Å². The quantitative estimate of drug-likeness (QED) is 0.571. The molecule has 0 radical (unpaired) electrons. The van der Waals surface area contributed by atoms with Crippen molar-refractivity contribution in [3.63, 3.8) is 0 Å². The topological polar surface area (TPSA) is 50.7 Å². The fraction of sp³-hybridized carbons (Fsp3) is 0.100. The van der Waals surface area contributed by atoms with E-state index in [1.165, 1.54) is 0 Å². The molecule has 3 aromatic carbocycles. The van der Waals surface area contributed by atoms with Crippen LogP contribution >= 0.6 is 0 Å². The van der Waals surface area contributed by atoms with Gasteiger partial charge in [-0.05, 0) is 35.9 Å². The third-order valence-corrected chi connectivity index (χ3v) is 3.62. The monoisotopic (exact) mass is 318 g/mol. The number of para-hydroxylation sites is 1. The van der Waals surface area contributed by atoms with Crippen molar-refractivity contribution in [2.45, 2.75) is 6.92 Å².